The van der Waals surface area contributed by atoms with Gasteiger partial charge in [0.25, 0.3) is 11.5 Å². The Balaban J connectivity index is 1.46. The van der Waals surface area contributed by atoms with Crippen molar-refractivity contribution in [3.05, 3.63) is 111 Å². The Labute approximate surface area is 196 Å². The first-order chi connectivity index (χ1) is 16.6. The Morgan fingerprint density at radius 2 is 1.62 bits per heavy atom. The zero-order chi connectivity index (χ0) is 23.5. The van der Waals surface area contributed by atoms with E-state index in [9.17, 15) is 14.4 Å². The van der Waals surface area contributed by atoms with Gasteiger partial charge in [0.2, 0.25) is 0 Å². The number of para-hydroxylation sites is 1. The SMILES string of the molecule is O=C(NC1CCCC1)c1ccc(Cn2c(=O)c3ccccc3n(Cc3cccnc3)c2=O)cc1. The molecule has 0 aliphatic heterocycles. The number of carbonyl (C=O) groups is 1. The minimum Gasteiger partial charge on any atom is -0.349 e. The molecule has 1 saturated carbocycles. The summed E-state index contributed by atoms with van der Waals surface area (Å²) in [5, 5.41) is 3.57. The number of hydrogen-bond donors (Lipinski definition) is 1. The molecule has 4 aromatic rings. The van der Waals surface area contributed by atoms with E-state index < -0.39 is 0 Å². The monoisotopic (exact) mass is 454 g/mol. The molecule has 1 aliphatic carbocycles. The zero-order valence-corrected chi connectivity index (χ0v) is 18.8. The van der Waals surface area contributed by atoms with Crippen molar-refractivity contribution >= 4 is 16.8 Å². The molecule has 1 aliphatic rings. The van der Waals surface area contributed by atoms with E-state index in [0.29, 0.717) is 23.0 Å². The number of benzene rings is 2. The summed E-state index contributed by atoms with van der Waals surface area (Å²) in [5.41, 5.74) is 2.12. The van der Waals surface area contributed by atoms with Crippen LogP contribution in [0.3, 0.4) is 0 Å². The maximum atomic E-state index is 13.4. The number of nitrogens with one attached hydrogen (secondary N) is 1. The highest BCUT2D eigenvalue weighted by Crippen LogP contribution is 2.18. The van der Waals surface area contributed by atoms with Crippen molar-refractivity contribution in [3.63, 3.8) is 0 Å². The van der Waals surface area contributed by atoms with Crippen LogP contribution >= 0.6 is 0 Å². The van der Waals surface area contributed by atoms with Gasteiger partial charge in [-0.3, -0.25) is 23.7 Å². The highest BCUT2D eigenvalue weighted by molar-refractivity contribution is 5.94. The Morgan fingerprint density at radius 1 is 0.882 bits per heavy atom. The maximum absolute atomic E-state index is 13.4. The minimum absolute atomic E-state index is 0.0832. The van der Waals surface area contributed by atoms with Gasteiger partial charge in [0.05, 0.1) is 24.0 Å². The normalized spacial score (nSPS) is 13.9. The molecule has 0 spiro atoms. The van der Waals surface area contributed by atoms with Gasteiger partial charge in [-0.1, -0.05) is 43.2 Å². The van der Waals surface area contributed by atoms with E-state index in [1.807, 2.05) is 18.2 Å². The highest BCUT2D eigenvalue weighted by Gasteiger charge is 2.18. The average molecular weight is 455 g/mol. The van der Waals surface area contributed by atoms with Crippen molar-refractivity contribution in [2.75, 3.05) is 0 Å². The van der Waals surface area contributed by atoms with Crippen molar-refractivity contribution in [2.45, 2.75) is 44.8 Å². The van der Waals surface area contributed by atoms with Crippen molar-refractivity contribution in [2.24, 2.45) is 0 Å². The summed E-state index contributed by atoms with van der Waals surface area (Å²) < 4.78 is 2.86. The van der Waals surface area contributed by atoms with Crippen LogP contribution in [0.15, 0.2) is 82.6 Å². The molecule has 2 heterocycles. The second-order valence-electron chi connectivity index (χ2n) is 8.79. The minimum atomic E-state index is -0.379. The summed E-state index contributed by atoms with van der Waals surface area (Å²) in [6.45, 7) is 0.438. The van der Waals surface area contributed by atoms with Crippen LogP contribution in [0, 0.1) is 0 Å². The molecule has 2 aromatic heterocycles. The molecular weight excluding hydrogens is 428 g/mol. The first-order valence-electron chi connectivity index (χ1n) is 11.6. The van der Waals surface area contributed by atoms with Gasteiger partial charge >= 0.3 is 5.69 Å². The van der Waals surface area contributed by atoms with Crippen LogP contribution in [0.1, 0.15) is 47.2 Å². The van der Waals surface area contributed by atoms with Gasteiger partial charge in [-0.05, 0) is 54.3 Å². The average Bonchev–Trinajstić information content (AvgIpc) is 3.38. The molecule has 1 fully saturated rings. The van der Waals surface area contributed by atoms with Crippen LogP contribution in [-0.2, 0) is 13.1 Å². The quantitative estimate of drug-likeness (QED) is 0.484. The van der Waals surface area contributed by atoms with Crippen LogP contribution in [0.25, 0.3) is 10.9 Å². The van der Waals surface area contributed by atoms with E-state index in [1.165, 1.54) is 4.57 Å². The fourth-order valence-corrected chi connectivity index (χ4v) is 4.62. The van der Waals surface area contributed by atoms with E-state index in [0.717, 1.165) is 36.8 Å². The topological polar surface area (TPSA) is 86.0 Å². The summed E-state index contributed by atoms with van der Waals surface area (Å²) in [5.74, 6) is -0.0832. The fraction of sp³-hybridized carbons (Fsp3) is 0.259. The molecule has 0 saturated heterocycles. The van der Waals surface area contributed by atoms with Crippen LogP contribution in [0.5, 0.6) is 0 Å². The molecule has 1 N–H and O–H groups in total. The number of carbonyl (C=O) groups excluding carboxylic acids is 1. The van der Waals surface area contributed by atoms with E-state index in [-0.39, 0.29) is 29.7 Å². The number of aromatic nitrogens is 3. The lowest BCUT2D eigenvalue weighted by molar-refractivity contribution is 0.0938. The Kier molecular flexibility index (Phi) is 6.08. The third kappa shape index (κ3) is 4.41. The number of amides is 1. The molecule has 34 heavy (non-hydrogen) atoms. The third-order valence-electron chi connectivity index (χ3n) is 6.44. The molecule has 7 nitrogen and oxygen atoms in total. The van der Waals surface area contributed by atoms with Crippen LogP contribution in [0.4, 0.5) is 0 Å². The van der Waals surface area contributed by atoms with Gasteiger partial charge in [-0.15, -0.1) is 0 Å². The third-order valence-corrected chi connectivity index (χ3v) is 6.44. The van der Waals surface area contributed by atoms with E-state index in [4.69, 9.17) is 0 Å². The van der Waals surface area contributed by atoms with Crippen LogP contribution in [-0.4, -0.2) is 26.1 Å². The standard InChI is InChI=1S/C27H26N4O3/c32-25(29-22-7-1-2-8-22)21-13-11-19(12-14-21)17-31-26(33)23-9-3-4-10-24(23)30(27(31)34)18-20-6-5-15-28-16-20/h3-6,9-16,22H,1-2,7-8,17-18H2,(H,29,32). The number of hydrogen-bond acceptors (Lipinski definition) is 4. The first-order valence-corrected chi connectivity index (χ1v) is 11.6. The molecule has 0 bridgehead atoms. The van der Waals surface area contributed by atoms with Gasteiger partial charge in [0, 0.05) is 24.0 Å². The van der Waals surface area contributed by atoms with Gasteiger partial charge in [-0.2, -0.15) is 0 Å². The predicted octanol–water partition coefficient (Wildman–Crippen LogP) is 3.33. The van der Waals surface area contributed by atoms with E-state index in [2.05, 4.69) is 10.3 Å². The molecule has 7 heteroatoms. The number of nitrogens with zero attached hydrogens (tertiary/aromatic N) is 3. The lowest BCUT2D eigenvalue weighted by Crippen LogP contribution is -2.40. The highest BCUT2D eigenvalue weighted by atomic mass is 16.2. The molecule has 5 rings (SSSR count). The molecule has 172 valence electrons. The molecule has 2 aromatic carbocycles. The fourth-order valence-electron chi connectivity index (χ4n) is 4.62. The van der Waals surface area contributed by atoms with Crippen molar-refractivity contribution in [1.29, 1.82) is 0 Å². The Bertz CT molecular complexity index is 1430. The molecule has 0 unspecified atom stereocenters. The number of fused-ring (bicyclic) bond motifs is 1. The molecule has 1 amide bonds. The lowest BCUT2D eigenvalue weighted by atomic mass is 10.1. The van der Waals surface area contributed by atoms with E-state index in [1.54, 1.807) is 59.4 Å². The second-order valence-corrected chi connectivity index (χ2v) is 8.79. The number of pyridine rings is 1. The van der Waals surface area contributed by atoms with Gasteiger partial charge in [-0.25, -0.2) is 4.79 Å². The zero-order valence-electron chi connectivity index (χ0n) is 18.8. The maximum Gasteiger partial charge on any atom is 0.332 e. The van der Waals surface area contributed by atoms with Gasteiger partial charge < -0.3 is 5.32 Å². The summed E-state index contributed by atoms with van der Waals surface area (Å²) in [6, 6.07) is 18.2. The smallest absolute Gasteiger partial charge is 0.332 e. The molecule has 0 radical (unpaired) electrons. The largest absolute Gasteiger partial charge is 0.349 e. The van der Waals surface area contributed by atoms with Gasteiger partial charge in [0.1, 0.15) is 0 Å². The molecule has 0 atom stereocenters. The van der Waals surface area contributed by atoms with Crippen molar-refractivity contribution in [1.82, 2.24) is 19.4 Å². The second kappa shape index (κ2) is 9.47. The van der Waals surface area contributed by atoms with E-state index >= 15 is 0 Å². The number of rotatable bonds is 6. The van der Waals surface area contributed by atoms with Crippen molar-refractivity contribution in [3.8, 4) is 0 Å². The summed E-state index contributed by atoms with van der Waals surface area (Å²) >= 11 is 0. The summed E-state index contributed by atoms with van der Waals surface area (Å²) in [4.78, 5) is 43.3. The van der Waals surface area contributed by atoms with Crippen LogP contribution < -0.4 is 16.6 Å². The Morgan fingerprint density at radius 3 is 2.35 bits per heavy atom. The van der Waals surface area contributed by atoms with Crippen LogP contribution in [0.2, 0.25) is 0 Å². The molecular formula is C27H26N4O3. The van der Waals surface area contributed by atoms with Gasteiger partial charge in [0.15, 0.2) is 0 Å². The Hall–Kier alpha value is -4.00. The van der Waals surface area contributed by atoms with Crippen molar-refractivity contribution < 1.29 is 4.79 Å². The predicted molar refractivity (Wildman–Crippen MR) is 131 cm³/mol. The summed E-state index contributed by atoms with van der Waals surface area (Å²) in [7, 11) is 0. The first kappa shape index (κ1) is 21.8. The summed E-state index contributed by atoms with van der Waals surface area (Å²) in [6.07, 6.45) is 7.76. The lowest BCUT2D eigenvalue weighted by Gasteiger charge is -2.15.